The van der Waals surface area contributed by atoms with Crippen LogP contribution in [0.2, 0.25) is 0 Å². The van der Waals surface area contributed by atoms with E-state index in [9.17, 15) is 0 Å². The molecule has 37 heavy (non-hydrogen) atoms. The van der Waals surface area contributed by atoms with Crippen molar-refractivity contribution in [3.63, 3.8) is 0 Å². The van der Waals surface area contributed by atoms with E-state index in [0.29, 0.717) is 0 Å². The normalized spacial score (nSPS) is 11.8. The van der Waals surface area contributed by atoms with Gasteiger partial charge in [0, 0.05) is 12.4 Å². The molecule has 2 aromatic rings. The van der Waals surface area contributed by atoms with Gasteiger partial charge in [-0.05, 0) is 0 Å². The number of hydrogen-bond acceptors (Lipinski definition) is 1. The third-order valence-electron chi connectivity index (χ3n) is 8.01. The van der Waals surface area contributed by atoms with Gasteiger partial charge in [-0.25, -0.2) is 4.98 Å². The molecule has 3 heteroatoms. The second-order valence-corrected chi connectivity index (χ2v) is 16.3. The number of nitrogens with one attached hydrogen (secondary N) is 1. The molecule has 0 aliphatic heterocycles. The van der Waals surface area contributed by atoms with Gasteiger partial charge in [0.05, 0.1) is 6.33 Å². The van der Waals surface area contributed by atoms with E-state index in [1.807, 2.05) is 0 Å². The Morgan fingerprint density at radius 2 is 1.00 bits per heavy atom. The van der Waals surface area contributed by atoms with Crippen LogP contribution in [0, 0.1) is 0 Å². The van der Waals surface area contributed by atoms with Crippen molar-refractivity contribution in [3.05, 3.63) is 54.6 Å². The van der Waals surface area contributed by atoms with Gasteiger partial charge < -0.3 is 4.98 Å². The van der Waals surface area contributed by atoms with E-state index in [2.05, 4.69) is 61.1 Å². The van der Waals surface area contributed by atoms with Crippen LogP contribution in [0.1, 0.15) is 142 Å². The molecule has 0 saturated heterocycles. The summed E-state index contributed by atoms with van der Waals surface area (Å²) in [6.07, 6.45) is 37.5. The number of unbranched alkanes of at least 4 members (excludes halogenated alkanes) is 15. The Labute approximate surface area is 232 Å². The van der Waals surface area contributed by atoms with E-state index in [4.69, 9.17) is 0 Å². The molecule has 0 spiro atoms. The summed E-state index contributed by atoms with van der Waals surface area (Å²) in [5, 5.41) is 0. The van der Waals surface area contributed by atoms with Crippen LogP contribution >= 0.6 is 7.26 Å². The summed E-state index contributed by atoms with van der Waals surface area (Å²) >= 11 is 0. The van der Waals surface area contributed by atoms with Gasteiger partial charge in [0.25, 0.3) is 0 Å². The molecular formula is C34H63N2P. The summed E-state index contributed by atoms with van der Waals surface area (Å²) in [6.45, 7) is 7.00. The minimum atomic E-state index is -1.24. The molecule has 0 amide bonds. The SMILES string of the molecule is CCCCCCCC[PH](CCCCCCCC)(CCCCCCCC)Cc1ccccc1.c1c[nH]cn1. The van der Waals surface area contributed by atoms with Crippen molar-refractivity contribution >= 4 is 7.26 Å². The zero-order valence-corrected chi connectivity index (χ0v) is 26.1. The molecule has 0 radical (unpaired) electrons. The van der Waals surface area contributed by atoms with Crippen molar-refractivity contribution in [1.82, 2.24) is 9.97 Å². The molecular weight excluding hydrogens is 467 g/mol. The van der Waals surface area contributed by atoms with Crippen molar-refractivity contribution in [2.45, 2.75) is 143 Å². The van der Waals surface area contributed by atoms with Gasteiger partial charge in [-0.3, -0.25) is 0 Å². The van der Waals surface area contributed by atoms with Gasteiger partial charge in [0.2, 0.25) is 0 Å². The van der Waals surface area contributed by atoms with E-state index < -0.39 is 7.26 Å². The van der Waals surface area contributed by atoms with E-state index in [-0.39, 0.29) is 0 Å². The minimum absolute atomic E-state index is 1.24. The Hall–Kier alpha value is -1.14. The van der Waals surface area contributed by atoms with Crippen LogP contribution in [0.3, 0.4) is 0 Å². The average molecular weight is 531 g/mol. The number of rotatable bonds is 23. The van der Waals surface area contributed by atoms with E-state index >= 15 is 0 Å². The zero-order valence-electron chi connectivity index (χ0n) is 25.1. The van der Waals surface area contributed by atoms with Crippen LogP contribution < -0.4 is 0 Å². The molecule has 0 bridgehead atoms. The van der Waals surface area contributed by atoms with Crippen LogP contribution in [0.25, 0.3) is 0 Å². The van der Waals surface area contributed by atoms with E-state index in [0.717, 1.165) is 0 Å². The first-order valence-corrected chi connectivity index (χ1v) is 19.1. The molecule has 0 atom stereocenters. The summed E-state index contributed by atoms with van der Waals surface area (Å²) in [6, 6.07) is 11.6. The van der Waals surface area contributed by atoms with Crippen LogP contribution in [-0.4, -0.2) is 28.5 Å². The number of H-pyrrole nitrogens is 1. The predicted octanol–water partition coefficient (Wildman–Crippen LogP) is 11.4. The number of aromatic amines is 1. The summed E-state index contributed by atoms with van der Waals surface area (Å²) in [5.74, 6) is 0. The number of benzene rings is 1. The maximum atomic E-state index is 3.67. The fourth-order valence-electron chi connectivity index (χ4n) is 5.73. The molecule has 0 aliphatic carbocycles. The smallest absolute Gasteiger partial charge is 0.0919 e. The van der Waals surface area contributed by atoms with Crippen LogP contribution in [0.15, 0.2) is 49.1 Å². The van der Waals surface area contributed by atoms with Crippen molar-refractivity contribution in [2.24, 2.45) is 0 Å². The Morgan fingerprint density at radius 1 is 0.568 bits per heavy atom. The predicted molar refractivity (Wildman–Crippen MR) is 172 cm³/mol. The van der Waals surface area contributed by atoms with Gasteiger partial charge in [-0.15, -0.1) is 0 Å². The van der Waals surface area contributed by atoms with E-state index in [1.165, 1.54) is 122 Å². The molecule has 0 aliphatic rings. The number of nitrogens with zero attached hydrogens (tertiary/aromatic N) is 1. The summed E-state index contributed by atoms with van der Waals surface area (Å²) < 4.78 is 0. The molecule has 1 heterocycles. The number of imidazole rings is 1. The largest absolute Gasteiger partial charge is 0.351 e. The van der Waals surface area contributed by atoms with E-state index in [1.54, 1.807) is 42.8 Å². The van der Waals surface area contributed by atoms with Crippen molar-refractivity contribution in [2.75, 3.05) is 18.5 Å². The zero-order chi connectivity index (χ0) is 26.7. The summed E-state index contributed by atoms with van der Waals surface area (Å²) in [7, 11) is -1.24. The fraction of sp³-hybridized carbons (Fsp3) is 0.735. The monoisotopic (exact) mass is 530 g/mol. The first-order chi connectivity index (χ1) is 18.3. The molecule has 0 fully saturated rings. The molecule has 1 N–H and O–H groups in total. The average Bonchev–Trinajstić information content (AvgIpc) is 3.51. The maximum Gasteiger partial charge on any atom is 0.0919 e. The van der Waals surface area contributed by atoms with Gasteiger partial charge >= 0.3 is 204 Å². The summed E-state index contributed by atoms with van der Waals surface area (Å²) in [4.78, 5) is 6.42. The Kier molecular flexibility index (Phi) is 23.0. The van der Waals surface area contributed by atoms with Crippen molar-refractivity contribution in [1.29, 1.82) is 0 Å². The molecule has 0 saturated carbocycles. The topological polar surface area (TPSA) is 28.7 Å². The Morgan fingerprint density at radius 3 is 1.35 bits per heavy atom. The van der Waals surface area contributed by atoms with Crippen LogP contribution in [0.5, 0.6) is 0 Å². The quantitative estimate of drug-likeness (QED) is 0.112. The Balaban J connectivity index is 0.00000121. The van der Waals surface area contributed by atoms with Crippen molar-refractivity contribution in [3.8, 4) is 0 Å². The number of hydrogen-bond donors (Lipinski definition) is 1. The first-order valence-electron chi connectivity index (χ1n) is 16.2. The molecule has 2 rings (SSSR count). The van der Waals surface area contributed by atoms with Gasteiger partial charge in [-0.2, -0.15) is 0 Å². The Bertz CT molecular complexity index is 612. The second kappa shape index (κ2) is 25.2. The molecule has 214 valence electrons. The van der Waals surface area contributed by atoms with Gasteiger partial charge in [0.1, 0.15) is 0 Å². The molecule has 1 aromatic carbocycles. The standard InChI is InChI=1S/C31H59P.C3H4N2/c1-4-7-10-13-16-22-27-32(28-23-17-14-11-8-5-2,29-24-18-15-12-9-6-3)30-31-25-20-19-21-26-31;1-2-5-3-4-1/h19-21,25-26,32H,4-18,22-24,27-30H2,1-3H3;1-3H,(H,4,5). The minimum Gasteiger partial charge on any atom is -0.351 e. The van der Waals surface area contributed by atoms with Crippen LogP contribution in [-0.2, 0) is 6.16 Å². The third-order valence-corrected chi connectivity index (χ3v) is 13.4. The fourth-order valence-corrected chi connectivity index (χ4v) is 11.1. The summed E-state index contributed by atoms with van der Waals surface area (Å²) in [5.41, 5.74) is 1.64. The third kappa shape index (κ3) is 19.6. The van der Waals surface area contributed by atoms with Crippen LogP contribution in [0.4, 0.5) is 0 Å². The molecule has 1 aromatic heterocycles. The molecule has 2 nitrogen and oxygen atoms in total. The maximum absolute atomic E-state index is 3.67. The van der Waals surface area contributed by atoms with Gasteiger partial charge in [-0.1, -0.05) is 0 Å². The number of aromatic nitrogens is 2. The second-order valence-electron chi connectivity index (χ2n) is 11.5. The van der Waals surface area contributed by atoms with Gasteiger partial charge in [0.15, 0.2) is 0 Å². The van der Waals surface area contributed by atoms with Crippen molar-refractivity contribution < 1.29 is 0 Å². The molecule has 0 unspecified atom stereocenters. The first kappa shape index (κ1) is 33.9.